The summed E-state index contributed by atoms with van der Waals surface area (Å²) in [6, 6.07) is 24.8. The van der Waals surface area contributed by atoms with Gasteiger partial charge in [-0.1, -0.05) is 75.7 Å². The minimum absolute atomic E-state index is 0.312. The molecule has 0 N–H and O–H groups in total. The van der Waals surface area contributed by atoms with Gasteiger partial charge in [-0.05, 0) is 42.4 Å². The molecule has 5 aromatic rings. The Morgan fingerprint density at radius 1 is 0.796 bits per heavy atom. The number of fused-ring (bicyclic) bond motifs is 1. The van der Waals surface area contributed by atoms with Crippen molar-refractivity contribution in [2.24, 2.45) is 0 Å². The number of ether oxygens (including phenoxy) is 4. The third-order valence-corrected chi connectivity index (χ3v) is 11.3. The minimum Gasteiger partial charge on any atom is -0.465 e. The first-order valence-corrected chi connectivity index (χ1v) is 24.0. The van der Waals surface area contributed by atoms with Crippen molar-refractivity contribution < 1.29 is 23.7 Å². The molecule has 0 aliphatic heterocycles. The molecule has 0 spiro atoms. The van der Waals surface area contributed by atoms with Crippen LogP contribution < -0.4 is 9.64 Å². The molecule has 2 aromatic carbocycles. The van der Waals surface area contributed by atoms with E-state index in [-0.39, 0.29) is 0 Å². The second-order valence-corrected chi connectivity index (χ2v) is 25.6. The lowest BCUT2D eigenvalue weighted by Gasteiger charge is -2.26. The Morgan fingerprint density at radius 3 is 2.02 bits per heavy atom. The maximum absolute atomic E-state index is 12.0. The molecule has 10 nitrogen and oxygen atoms in total. The Labute approximate surface area is 291 Å². The van der Waals surface area contributed by atoms with Crippen LogP contribution in [-0.4, -0.2) is 75.5 Å². The summed E-state index contributed by atoms with van der Waals surface area (Å²) in [5.74, 6) is 1.18. The van der Waals surface area contributed by atoms with Crippen LogP contribution in [0.1, 0.15) is 10.4 Å². The van der Waals surface area contributed by atoms with Gasteiger partial charge in [0, 0.05) is 58.3 Å². The summed E-state index contributed by atoms with van der Waals surface area (Å²) in [4.78, 5) is 23.7. The summed E-state index contributed by atoms with van der Waals surface area (Å²) in [6.07, 6.45) is 3.65. The molecule has 0 radical (unpaired) electrons. The number of hydrogen-bond donors (Lipinski definition) is 0. The van der Waals surface area contributed by atoms with Crippen molar-refractivity contribution in [3.63, 3.8) is 0 Å². The Kier molecular flexibility index (Phi) is 11.7. The van der Waals surface area contributed by atoms with Gasteiger partial charge in [-0.3, -0.25) is 4.98 Å². The van der Waals surface area contributed by atoms with Gasteiger partial charge in [0.1, 0.15) is 25.0 Å². The van der Waals surface area contributed by atoms with Crippen molar-refractivity contribution in [3.05, 3.63) is 90.8 Å². The number of carbonyl (C=O) groups excluding carboxylic acids is 1. The van der Waals surface area contributed by atoms with E-state index >= 15 is 0 Å². The van der Waals surface area contributed by atoms with Crippen LogP contribution in [0.4, 0.5) is 5.82 Å². The van der Waals surface area contributed by atoms with Crippen molar-refractivity contribution >= 4 is 33.6 Å². The fourth-order valence-corrected chi connectivity index (χ4v) is 6.43. The summed E-state index contributed by atoms with van der Waals surface area (Å²) in [5.41, 5.74) is 4.63. The molecule has 0 saturated carbocycles. The summed E-state index contributed by atoms with van der Waals surface area (Å²) in [6.45, 7) is 16.0. The predicted octanol–water partition coefficient (Wildman–Crippen LogP) is 8.47. The van der Waals surface area contributed by atoms with Crippen LogP contribution in [0.3, 0.4) is 0 Å². The number of hydrogen-bond acceptors (Lipinski definition) is 9. The van der Waals surface area contributed by atoms with Gasteiger partial charge in [0.2, 0.25) is 5.88 Å². The zero-order chi connectivity index (χ0) is 35.0. The number of nitrogens with zero attached hydrogens (tertiary/aromatic N) is 5. The highest BCUT2D eigenvalue weighted by atomic mass is 28.3. The van der Waals surface area contributed by atoms with Gasteiger partial charge >= 0.3 is 5.97 Å². The molecular weight excluding hydrogens is 651 g/mol. The van der Waals surface area contributed by atoms with Crippen LogP contribution in [0.5, 0.6) is 11.6 Å². The molecule has 12 heteroatoms. The molecule has 5 rings (SSSR count). The molecule has 0 atom stereocenters. The average Bonchev–Trinajstić information content (AvgIpc) is 3.51. The van der Waals surface area contributed by atoms with Gasteiger partial charge in [0.25, 0.3) is 0 Å². The lowest BCUT2D eigenvalue weighted by atomic mass is 10.1. The fourth-order valence-electron chi connectivity index (χ4n) is 4.91. The Hall–Kier alpha value is -4.37. The number of esters is 1. The highest BCUT2D eigenvalue weighted by Gasteiger charge is 2.21. The van der Waals surface area contributed by atoms with Gasteiger partial charge < -0.3 is 23.8 Å². The molecule has 0 bridgehead atoms. The predicted molar refractivity (Wildman–Crippen MR) is 200 cm³/mol. The number of anilines is 1. The zero-order valence-corrected chi connectivity index (χ0v) is 31.6. The highest BCUT2D eigenvalue weighted by molar-refractivity contribution is 6.76. The topological polar surface area (TPSA) is 100 Å². The molecular formula is C37H47N5O5Si2. The second-order valence-electron chi connectivity index (χ2n) is 14.4. The Morgan fingerprint density at radius 2 is 1.45 bits per heavy atom. The molecule has 3 heterocycles. The van der Waals surface area contributed by atoms with Gasteiger partial charge in [-0.25, -0.2) is 4.79 Å². The first-order chi connectivity index (χ1) is 23.4. The van der Waals surface area contributed by atoms with E-state index in [9.17, 15) is 4.79 Å². The monoisotopic (exact) mass is 697 g/mol. The normalized spacial score (nSPS) is 11.9. The van der Waals surface area contributed by atoms with Crippen LogP contribution in [0.15, 0.2) is 85.2 Å². The van der Waals surface area contributed by atoms with E-state index < -0.39 is 22.1 Å². The fraction of sp³-hybridized carbons (Fsp3) is 0.351. The third-order valence-electron chi connectivity index (χ3n) is 7.88. The lowest BCUT2D eigenvalue weighted by Crippen LogP contribution is -2.33. The molecule has 0 unspecified atom stereocenters. The van der Waals surface area contributed by atoms with Crippen molar-refractivity contribution in [1.29, 1.82) is 0 Å². The standard InChI is InChI=1S/C37H47N5O5Si2/c1-44-37(43)29-13-16-31(17-14-29)47-34-23-35(41(26-45-19-21-48(2,3)4)27-46-20-22-49(5,6)7)42-36(40-34)32(25-39-42)30-15-18-33(38-24-30)28-11-9-8-10-12-28/h8-18,23-25H,19-22,26-27H2,1-7H3. The number of pyridine rings is 1. The van der Waals surface area contributed by atoms with Crippen molar-refractivity contribution in [3.8, 4) is 34.0 Å². The maximum Gasteiger partial charge on any atom is 0.337 e. The number of carbonyl (C=O) groups is 1. The smallest absolute Gasteiger partial charge is 0.337 e. The third kappa shape index (κ3) is 10.1. The van der Waals surface area contributed by atoms with Gasteiger partial charge in [-0.2, -0.15) is 14.6 Å². The number of aromatic nitrogens is 4. The maximum atomic E-state index is 12.0. The molecule has 0 saturated heterocycles. The van der Waals surface area contributed by atoms with E-state index in [1.54, 1.807) is 35.0 Å². The van der Waals surface area contributed by atoms with E-state index in [1.165, 1.54) is 7.11 Å². The van der Waals surface area contributed by atoms with Gasteiger partial charge in [0.15, 0.2) is 5.65 Å². The van der Waals surface area contributed by atoms with E-state index in [2.05, 4.69) is 39.3 Å². The summed E-state index contributed by atoms with van der Waals surface area (Å²) >= 11 is 0. The summed E-state index contributed by atoms with van der Waals surface area (Å²) in [7, 11) is -1.21. The average molecular weight is 698 g/mol. The van der Waals surface area contributed by atoms with Crippen molar-refractivity contribution in [2.75, 3.05) is 38.7 Å². The first kappa shape index (κ1) is 35.9. The first-order valence-electron chi connectivity index (χ1n) is 16.6. The van der Waals surface area contributed by atoms with Gasteiger partial charge in [-0.15, -0.1) is 0 Å². The number of rotatable bonds is 16. The van der Waals surface area contributed by atoms with E-state index in [0.29, 0.717) is 55.3 Å². The molecule has 49 heavy (non-hydrogen) atoms. The molecule has 0 fully saturated rings. The molecule has 0 aliphatic carbocycles. The van der Waals surface area contributed by atoms with E-state index in [0.717, 1.165) is 34.5 Å². The molecule has 258 valence electrons. The van der Waals surface area contributed by atoms with Crippen LogP contribution in [0.2, 0.25) is 51.4 Å². The van der Waals surface area contributed by atoms with Crippen molar-refractivity contribution in [1.82, 2.24) is 19.6 Å². The van der Waals surface area contributed by atoms with E-state index in [1.807, 2.05) is 59.6 Å². The van der Waals surface area contributed by atoms with Crippen LogP contribution >= 0.6 is 0 Å². The Balaban J connectivity index is 1.52. The molecule has 0 amide bonds. The summed E-state index contributed by atoms with van der Waals surface area (Å²) in [5, 5.41) is 4.80. The second kappa shape index (κ2) is 15.9. The highest BCUT2D eigenvalue weighted by Crippen LogP contribution is 2.32. The molecule has 0 aliphatic rings. The van der Waals surface area contributed by atoms with Crippen molar-refractivity contribution in [2.45, 2.75) is 51.4 Å². The van der Waals surface area contributed by atoms with Crippen LogP contribution in [-0.2, 0) is 14.2 Å². The largest absolute Gasteiger partial charge is 0.465 e. The molecule has 3 aromatic heterocycles. The minimum atomic E-state index is -1.28. The Bertz CT molecular complexity index is 1800. The zero-order valence-electron chi connectivity index (χ0n) is 29.6. The van der Waals surface area contributed by atoms with Gasteiger partial charge in [0.05, 0.1) is 24.6 Å². The lowest BCUT2D eigenvalue weighted by molar-refractivity contribution is 0.0600. The number of methoxy groups -OCH3 is 1. The van der Waals surface area contributed by atoms with Crippen LogP contribution in [0.25, 0.3) is 28.0 Å². The SMILES string of the molecule is COC(=O)c1ccc(Oc2cc(N(COCC[Si](C)(C)C)COCC[Si](C)(C)C)n3ncc(-c4ccc(-c5ccccc5)nc4)c3n2)cc1. The quantitative estimate of drug-likeness (QED) is 0.0435. The summed E-state index contributed by atoms with van der Waals surface area (Å²) < 4.78 is 25.5. The number of benzene rings is 2. The van der Waals surface area contributed by atoms with Crippen LogP contribution in [0, 0.1) is 0 Å². The van der Waals surface area contributed by atoms with E-state index in [4.69, 9.17) is 34.0 Å².